The summed E-state index contributed by atoms with van der Waals surface area (Å²) in [5, 5.41) is 17.1. The Balaban J connectivity index is 2.05. The summed E-state index contributed by atoms with van der Waals surface area (Å²) in [6.45, 7) is 6.52. The van der Waals surface area contributed by atoms with Crippen LogP contribution in [-0.2, 0) is 0 Å². The maximum Gasteiger partial charge on any atom is 0.335 e. The molecular formula is C17H18N2O2S. The highest BCUT2D eigenvalue weighted by Crippen LogP contribution is 2.32. The zero-order valence-corrected chi connectivity index (χ0v) is 13.6. The molecule has 0 aliphatic rings. The van der Waals surface area contributed by atoms with Crippen molar-refractivity contribution >= 4 is 29.1 Å². The van der Waals surface area contributed by atoms with Gasteiger partial charge in [-0.2, -0.15) is 10.2 Å². The molecule has 0 aromatic heterocycles. The lowest BCUT2D eigenvalue weighted by atomic mass is 10.2. The van der Waals surface area contributed by atoms with E-state index in [4.69, 9.17) is 5.11 Å². The van der Waals surface area contributed by atoms with E-state index in [-0.39, 0.29) is 10.3 Å². The number of nitrogens with zero attached hydrogens (tertiary/aromatic N) is 2. The summed E-state index contributed by atoms with van der Waals surface area (Å²) in [4.78, 5) is 12.0. The molecule has 0 unspecified atom stereocenters. The summed E-state index contributed by atoms with van der Waals surface area (Å²) in [5.74, 6) is -0.949. The molecule has 0 amide bonds. The van der Waals surface area contributed by atoms with Gasteiger partial charge in [0.2, 0.25) is 0 Å². The van der Waals surface area contributed by atoms with Gasteiger partial charge in [0, 0.05) is 9.64 Å². The molecule has 2 aromatic rings. The quantitative estimate of drug-likeness (QED) is 0.582. The van der Waals surface area contributed by atoms with E-state index in [0.29, 0.717) is 5.69 Å². The van der Waals surface area contributed by atoms with Crippen LogP contribution in [0.1, 0.15) is 31.1 Å². The first-order chi connectivity index (χ1) is 10.3. The van der Waals surface area contributed by atoms with Crippen molar-refractivity contribution in [3.05, 3.63) is 54.1 Å². The van der Waals surface area contributed by atoms with Crippen LogP contribution in [0.5, 0.6) is 0 Å². The number of azo groups is 1. The minimum Gasteiger partial charge on any atom is -0.478 e. The van der Waals surface area contributed by atoms with Crippen LogP contribution in [0, 0.1) is 0 Å². The number of thioether (sulfide) groups is 1. The van der Waals surface area contributed by atoms with Gasteiger partial charge < -0.3 is 5.11 Å². The van der Waals surface area contributed by atoms with Gasteiger partial charge in [-0.15, -0.1) is 11.8 Å². The average Bonchev–Trinajstić information content (AvgIpc) is 2.45. The minimum atomic E-state index is -0.949. The molecule has 5 heteroatoms. The number of rotatable bonds is 4. The van der Waals surface area contributed by atoms with Crippen molar-refractivity contribution in [3.8, 4) is 0 Å². The van der Waals surface area contributed by atoms with Gasteiger partial charge in [0.15, 0.2) is 0 Å². The number of hydrogen-bond acceptors (Lipinski definition) is 4. The number of carboxylic acid groups (broad SMARTS) is 1. The van der Waals surface area contributed by atoms with Gasteiger partial charge in [-0.3, -0.25) is 0 Å². The summed E-state index contributed by atoms with van der Waals surface area (Å²) in [7, 11) is 0. The van der Waals surface area contributed by atoms with Gasteiger partial charge in [0.25, 0.3) is 0 Å². The zero-order chi connectivity index (χ0) is 16.2. The van der Waals surface area contributed by atoms with Gasteiger partial charge >= 0.3 is 5.97 Å². The van der Waals surface area contributed by atoms with Gasteiger partial charge in [0.05, 0.1) is 16.9 Å². The molecule has 22 heavy (non-hydrogen) atoms. The van der Waals surface area contributed by atoms with Crippen LogP contribution in [-0.4, -0.2) is 15.8 Å². The zero-order valence-electron chi connectivity index (χ0n) is 12.8. The van der Waals surface area contributed by atoms with E-state index < -0.39 is 5.97 Å². The molecule has 0 fully saturated rings. The van der Waals surface area contributed by atoms with E-state index in [1.54, 1.807) is 23.9 Å². The Morgan fingerprint density at radius 2 is 1.36 bits per heavy atom. The van der Waals surface area contributed by atoms with Crippen LogP contribution in [0.4, 0.5) is 11.4 Å². The van der Waals surface area contributed by atoms with Gasteiger partial charge in [-0.1, -0.05) is 20.8 Å². The minimum absolute atomic E-state index is 0.176. The highest BCUT2D eigenvalue weighted by molar-refractivity contribution is 8.00. The number of hydrogen-bond donors (Lipinski definition) is 1. The van der Waals surface area contributed by atoms with Crippen molar-refractivity contribution in [3.63, 3.8) is 0 Å². The van der Waals surface area contributed by atoms with E-state index in [0.717, 1.165) is 5.69 Å². The van der Waals surface area contributed by atoms with Gasteiger partial charge in [0.1, 0.15) is 0 Å². The molecule has 4 nitrogen and oxygen atoms in total. The molecule has 0 aliphatic heterocycles. The Morgan fingerprint density at radius 1 is 0.909 bits per heavy atom. The third-order valence-corrected chi connectivity index (χ3v) is 3.78. The Bertz CT molecular complexity index is 671. The molecule has 2 aromatic carbocycles. The fraction of sp³-hybridized carbons (Fsp3) is 0.235. The summed E-state index contributed by atoms with van der Waals surface area (Å²) in [6.07, 6.45) is 0. The van der Waals surface area contributed by atoms with Crippen LogP contribution >= 0.6 is 11.8 Å². The molecular weight excluding hydrogens is 296 g/mol. The van der Waals surface area contributed by atoms with Crippen molar-refractivity contribution in [1.29, 1.82) is 0 Å². The number of benzene rings is 2. The number of carboxylic acids is 1. The molecule has 0 radical (unpaired) electrons. The Labute approximate surface area is 134 Å². The fourth-order valence-corrected chi connectivity index (χ4v) is 2.70. The lowest BCUT2D eigenvalue weighted by molar-refractivity contribution is 0.0697. The summed E-state index contributed by atoms with van der Waals surface area (Å²) in [5.41, 5.74) is 1.63. The van der Waals surface area contributed by atoms with Gasteiger partial charge in [-0.05, 0) is 48.5 Å². The van der Waals surface area contributed by atoms with E-state index in [1.165, 1.54) is 17.0 Å². The normalized spacial score (nSPS) is 11.8. The maximum atomic E-state index is 10.8. The third-order valence-electron chi connectivity index (χ3n) is 2.66. The van der Waals surface area contributed by atoms with Crippen LogP contribution in [0.25, 0.3) is 0 Å². The first-order valence-corrected chi connectivity index (χ1v) is 7.69. The molecule has 0 saturated heterocycles. The standard InChI is InChI=1S/C17H18N2O2S/c1-17(2,3)22-15-10-8-14(9-11-15)19-18-13-6-4-12(5-7-13)16(20)21/h4-11H,1-3H3,(H,20,21). The Morgan fingerprint density at radius 3 is 1.77 bits per heavy atom. The lowest BCUT2D eigenvalue weighted by Crippen LogP contribution is -2.06. The van der Waals surface area contributed by atoms with Crippen LogP contribution in [0.3, 0.4) is 0 Å². The van der Waals surface area contributed by atoms with E-state index in [9.17, 15) is 4.79 Å². The predicted molar refractivity (Wildman–Crippen MR) is 89.6 cm³/mol. The molecule has 0 bridgehead atoms. The van der Waals surface area contributed by atoms with Crippen molar-refractivity contribution in [1.82, 2.24) is 0 Å². The molecule has 0 saturated carbocycles. The molecule has 1 N–H and O–H groups in total. The molecule has 114 valence electrons. The molecule has 0 atom stereocenters. The Hall–Kier alpha value is -2.14. The summed E-state index contributed by atoms with van der Waals surface area (Å²) >= 11 is 1.80. The van der Waals surface area contributed by atoms with Crippen molar-refractivity contribution in [2.24, 2.45) is 10.2 Å². The van der Waals surface area contributed by atoms with Crippen molar-refractivity contribution in [2.45, 2.75) is 30.4 Å². The van der Waals surface area contributed by atoms with Gasteiger partial charge in [-0.25, -0.2) is 4.79 Å². The lowest BCUT2D eigenvalue weighted by Gasteiger charge is -2.17. The van der Waals surface area contributed by atoms with Crippen molar-refractivity contribution in [2.75, 3.05) is 0 Å². The van der Waals surface area contributed by atoms with Crippen LogP contribution < -0.4 is 0 Å². The topological polar surface area (TPSA) is 62.0 Å². The second-order valence-corrected chi connectivity index (χ2v) is 7.66. The number of carbonyl (C=O) groups is 1. The molecule has 2 rings (SSSR count). The monoisotopic (exact) mass is 314 g/mol. The first-order valence-electron chi connectivity index (χ1n) is 6.88. The fourth-order valence-electron chi connectivity index (χ4n) is 1.72. The average molecular weight is 314 g/mol. The highest BCUT2D eigenvalue weighted by Gasteiger charge is 2.11. The van der Waals surface area contributed by atoms with E-state index in [1.807, 2.05) is 24.3 Å². The second kappa shape index (κ2) is 6.75. The highest BCUT2D eigenvalue weighted by atomic mass is 32.2. The first kappa shape index (κ1) is 16.2. The van der Waals surface area contributed by atoms with Crippen LogP contribution in [0.15, 0.2) is 63.7 Å². The summed E-state index contributed by atoms with van der Waals surface area (Å²) < 4.78 is 0.176. The van der Waals surface area contributed by atoms with Crippen LogP contribution in [0.2, 0.25) is 0 Å². The second-order valence-electron chi connectivity index (χ2n) is 5.76. The smallest absolute Gasteiger partial charge is 0.335 e. The third kappa shape index (κ3) is 5.00. The number of aromatic carboxylic acids is 1. The Kier molecular flexibility index (Phi) is 4.98. The largest absolute Gasteiger partial charge is 0.478 e. The summed E-state index contributed by atoms with van der Waals surface area (Å²) in [6, 6.07) is 14.2. The SMILES string of the molecule is CC(C)(C)Sc1ccc(N=Nc2ccc(C(=O)O)cc2)cc1. The predicted octanol–water partition coefficient (Wildman–Crippen LogP) is 5.69. The van der Waals surface area contributed by atoms with E-state index in [2.05, 4.69) is 31.0 Å². The van der Waals surface area contributed by atoms with E-state index >= 15 is 0 Å². The molecule has 0 aliphatic carbocycles. The van der Waals surface area contributed by atoms with Crippen molar-refractivity contribution < 1.29 is 9.90 Å². The maximum absolute atomic E-state index is 10.8. The molecule has 0 spiro atoms. The molecule has 0 heterocycles.